The Morgan fingerprint density at radius 2 is 1.72 bits per heavy atom. The van der Waals surface area contributed by atoms with Crippen LogP contribution >= 0.6 is 0 Å². The Balaban J connectivity index is 1.55. The molecule has 2 aromatic carbocycles. The number of nitrogens with one attached hydrogen (secondary N) is 2. The Morgan fingerprint density at radius 3 is 2.38 bits per heavy atom. The molecule has 2 N–H and O–H groups in total. The number of anilines is 1. The molecule has 1 aromatic heterocycles. The van der Waals surface area contributed by atoms with Crippen LogP contribution in [0.25, 0.3) is 0 Å². The van der Waals surface area contributed by atoms with Crippen LogP contribution < -0.4 is 10.6 Å². The van der Waals surface area contributed by atoms with Crippen molar-refractivity contribution in [1.29, 1.82) is 0 Å². The lowest BCUT2D eigenvalue weighted by molar-refractivity contribution is -0.132. The molecule has 0 spiro atoms. The first-order chi connectivity index (χ1) is 14.0. The molecule has 0 radical (unpaired) electrons. The minimum absolute atomic E-state index is 0.0227. The van der Waals surface area contributed by atoms with E-state index in [1.54, 1.807) is 13.3 Å². The second kappa shape index (κ2) is 9.71. The molecular weight excluding hydrogens is 366 g/mol. The summed E-state index contributed by atoms with van der Waals surface area (Å²) in [5.41, 5.74) is 2.82. The number of likely N-dealkylation sites (N-methyl/N-ethyl adjacent to an activating group) is 1. The summed E-state index contributed by atoms with van der Waals surface area (Å²) in [6, 6.07) is 20.7. The molecule has 0 unspecified atom stereocenters. The quantitative estimate of drug-likeness (QED) is 0.617. The third-order valence-corrected chi connectivity index (χ3v) is 4.56. The molecule has 150 valence electrons. The minimum Gasteiger partial charge on any atom is -0.467 e. The number of amides is 2. The van der Waals surface area contributed by atoms with Gasteiger partial charge in [-0.05, 0) is 36.8 Å². The fourth-order valence-corrected chi connectivity index (χ4v) is 2.95. The van der Waals surface area contributed by atoms with Gasteiger partial charge in [0.2, 0.25) is 11.8 Å². The van der Waals surface area contributed by atoms with Crippen LogP contribution in [0.4, 0.5) is 5.69 Å². The van der Waals surface area contributed by atoms with Gasteiger partial charge in [0.15, 0.2) is 0 Å². The van der Waals surface area contributed by atoms with Crippen LogP contribution in [0.1, 0.15) is 22.9 Å². The molecule has 0 saturated carbocycles. The highest BCUT2D eigenvalue weighted by Gasteiger charge is 2.19. The van der Waals surface area contributed by atoms with Crippen molar-refractivity contribution in [3.05, 3.63) is 89.9 Å². The highest BCUT2D eigenvalue weighted by atomic mass is 16.3. The summed E-state index contributed by atoms with van der Waals surface area (Å²) in [4.78, 5) is 26.2. The second-order valence-corrected chi connectivity index (χ2v) is 6.90. The molecule has 1 heterocycles. The van der Waals surface area contributed by atoms with Gasteiger partial charge in [0.05, 0.1) is 25.4 Å². The highest BCUT2D eigenvalue weighted by molar-refractivity contribution is 5.94. The van der Waals surface area contributed by atoms with E-state index in [2.05, 4.69) is 10.6 Å². The standard InChI is InChI=1S/C23H25N3O3/c1-17-10-12-19(13-11-17)25-21(27)16-26(2)22(28)15-24-23(20-9-6-14-29-20)18-7-4-3-5-8-18/h3-14,23-24H,15-16H2,1-2H3,(H,25,27)/t23-/m1/s1. The van der Waals surface area contributed by atoms with Crippen LogP contribution in [0.15, 0.2) is 77.4 Å². The van der Waals surface area contributed by atoms with E-state index in [1.807, 2.05) is 73.7 Å². The summed E-state index contributed by atoms with van der Waals surface area (Å²) < 4.78 is 5.53. The molecule has 1 atom stereocenters. The summed E-state index contributed by atoms with van der Waals surface area (Å²) in [5, 5.41) is 6.03. The SMILES string of the molecule is Cc1ccc(NC(=O)CN(C)C(=O)CN[C@H](c2ccccc2)c2ccco2)cc1. The average Bonchev–Trinajstić information content (AvgIpc) is 3.25. The number of aryl methyl sites for hydroxylation is 1. The topological polar surface area (TPSA) is 74.6 Å². The lowest BCUT2D eigenvalue weighted by Gasteiger charge is -2.21. The first-order valence-electron chi connectivity index (χ1n) is 9.45. The number of carbonyl (C=O) groups is 2. The molecule has 6 heteroatoms. The van der Waals surface area contributed by atoms with Crippen LogP contribution in [-0.2, 0) is 9.59 Å². The molecule has 3 aromatic rings. The molecule has 3 rings (SSSR count). The monoisotopic (exact) mass is 391 g/mol. The molecule has 0 fully saturated rings. The molecule has 0 aliphatic rings. The lowest BCUT2D eigenvalue weighted by Crippen LogP contribution is -2.41. The normalized spacial score (nSPS) is 11.7. The second-order valence-electron chi connectivity index (χ2n) is 6.90. The summed E-state index contributed by atoms with van der Waals surface area (Å²) >= 11 is 0. The van der Waals surface area contributed by atoms with Crippen molar-refractivity contribution in [2.45, 2.75) is 13.0 Å². The van der Waals surface area contributed by atoms with Crippen molar-refractivity contribution in [3.63, 3.8) is 0 Å². The van der Waals surface area contributed by atoms with Gasteiger partial charge >= 0.3 is 0 Å². The van der Waals surface area contributed by atoms with Crippen LogP contribution in [0.5, 0.6) is 0 Å². The van der Waals surface area contributed by atoms with E-state index in [1.165, 1.54) is 4.90 Å². The molecule has 2 amide bonds. The maximum absolute atomic E-state index is 12.5. The van der Waals surface area contributed by atoms with Crippen molar-refractivity contribution >= 4 is 17.5 Å². The van der Waals surface area contributed by atoms with Gasteiger partial charge in [-0.3, -0.25) is 14.9 Å². The van der Waals surface area contributed by atoms with Crippen molar-refractivity contribution < 1.29 is 14.0 Å². The van der Waals surface area contributed by atoms with Crippen LogP contribution in [0.3, 0.4) is 0 Å². The van der Waals surface area contributed by atoms with Gasteiger partial charge in [0.25, 0.3) is 0 Å². The van der Waals surface area contributed by atoms with Gasteiger partial charge < -0.3 is 14.6 Å². The zero-order valence-corrected chi connectivity index (χ0v) is 16.6. The Bertz CT molecular complexity index is 922. The third kappa shape index (κ3) is 5.80. The van der Waals surface area contributed by atoms with Crippen molar-refractivity contribution in [2.24, 2.45) is 0 Å². The van der Waals surface area contributed by atoms with Crippen molar-refractivity contribution in [2.75, 3.05) is 25.5 Å². The maximum atomic E-state index is 12.5. The Morgan fingerprint density at radius 1 is 1.00 bits per heavy atom. The fourth-order valence-electron chi connectivity index (χ4n) is 2.95. The van der Waals surface area contributed by atoms with E-state index in [9.17, 15) is 9.59 Å². The predicted molar refractivity (Wildman–Crippen MR) is 112 cm³/mol. The van der Waals surface area contributed by atoms with E-state index in [0.717, 1.165) is 16.9 Å². The molecule has 0 aliphatic heterocycles. The van der Waals surface area contributed by atoms with Crippen molar-refractivity contribution in [3.8, 4) is 0 Å². The Hall–Kier alpha value is -3.38. The first kappa shape index (κ1) is 20.4. The number of rotatable bonds is 8. The smallest absolute Gasteiger partial charge is 0.243 e. The molecule has 0 aliphatic carbocycles. The number of nitrogens with zero attached hydrogens (tertiary/aromatic N) is 1. The predicted octanol–water partition coefficient (Wildman–Crippen LogP) is 3.36. The summed E-state index contributed by atoms with van der Waals surface area (Å²) in [6.45, 7) is 2.04. The number of benzene rings is 2. The van der Waals surface area contributed by atoms with Crippen molar-refractivity contribution in [1.82, 2.24) is 10.2 Å². The summed E-state index contributed by atoms with van der Waals surface area (Å²) in [5.74, 6) is 0.302. The van der Waals surface area contributed by atoms with Crippen LogP contribution in [-0.4, -0.2) is 36.9 Å². The lowest BCUT2D eigenvalue weighted by atomic mass is 10.0. The maximum Gasteiger partial charge on any atom is 0.243 e. The van der Waals surface area contributed by atoms with E-state index in [-0.39, 0.29) is 30.9 Å². The summed E-state index contributed by atoms with van der Waals surface area (Å²) in [7, 11) is 1.61. The summed E-state index contributed by atoms with van der Waals surface area (Å²) in [6.07, 6.45) is 1.61. The number of carbonyl (C=O) groups excluding carboxylic acids is 2. The molecule has 0 saturated heterocycles. The van der Waals surface area contributed by atoms with Gasteiger partial charge in [0.1, 0.15) is 5.76 Å². The van der Waals surface area contributed by atoms with Crippen LogP contribution in [0.2, 0.25) is 0 Å². The molecule has 6 nitrogen and oxygen atoms in total. The zero-order chi connectivity index (χ0) is 20.6. The first-order valence-corrected chi connectivity index (χ1v) is 9.45. The van der Waals surface area contributed by atoms with Gasteiger partial charge in [-0.15, -0.1) is 0 Å². The van der Waals surface area contributed by atoms with E-state index in [4.69, 9.17) is 4.42 Å². The Kier molecular flexibility index (Phi) is 6.81. The average molecular weight is 391 g/mol. The molecule has 0 bridgehead atoms. The van der Waals surface area contributed by atoms with Gasteiger partial charge in [0, 0.05) is 12.7 Å². The highest BCUT2D eigenvalue weighted by Crippen LogP contribution is 2.22. The van der Waals surface area contributed by atoms with Gasteiger partial charge in [-0.1, -0.05) is 48.0 Å². The molecular formula is C23H25N3O3. The zero-order valence-electron chi connectivity index (χ0n) is 16.6. The molecule has 29 heavy (non-hydrogen) atoms. The van der Waals surface area contributed by atoms with E-state index in [0.29, 0.717) is 5.69 Å². The van der Waals surface area contributed by atoms with Gasteiger partial charge in [-0.25, -0.2) is 0 Å². The van der Waals surface area contributed by atoms with E-state index < -0.39 is 0 Å². The van der Waals surface area contributed by atoms with E-state index >= 15 is 0 Å². The van der Waals surface area contributed by atoms with Gasteiger partial charge in [-0.2, -0.15) is 0 Å². The Labute approximate surface area is 170 Å². The number of hydrogen-bond acceptors (Lipinski definition) is 4. The minimum atomic E-state index is -0.245. The largest absolute Gasteiger partial charge is 0.467 e. The fraction of sp³-hybridized carbons (Fsp3) is 0.217. The third-order valence-electron chi connectivity index (χ3n) is 4.56. The number of hydrogen-bond donors (Lipinski definition) is 2. The number of furan rings is 1. The van der Waals surface area contributed by atoms with Crippen LogP contribution in [0, 0.1) is 6.92 Å².